The molecule has 0 radical (unpaired) electrons. The first-order valence-electron chi connectivity index (χ1n) is 9.73. The van der Waals surface area contributed by atoms with E-state index in [1.165, 1.54) is 4.90 Å². The fourth-order valence-corrected chi connectivity index (χ4v) is 4.17. The largest absolute Gasteiger partial charge is 0.507 e. The van der Waals surface area contributed by atoms with Gasteiger partial charge in [-0.15, -0.1) is 0 Å². The number of hydrogen-bond donors (Lipinski definition) is 4. The number of nitrogens with one attached hydrogen (secondary N) is 3. The molecule has 4 rings (SSSR count). The molecule has 2 aromatic carbocycles. The van der Waals surface area contributed by atoms with Crippen molar-refractivity contribution in [2.45, 2.75) is 32.0 Å². The Balaban J connectivity index is 1.43. The molecule has 32 heavy (non-hydrogen) atoms. The third kappa shape index (κ3) is 4.28. The second-order valence-corrected chi connectivity index (χ2v) is 8.70. The number of halogens is 2. The minimum absolute atomic E-state index is 0.0157. The van der Waals surface area contributed by atoms with Crippen molar-refractivity contribution in [3.63, 3.8) is 0 Å². The lowest BCUT2D eigenvalue weighted by atomic mass is 10.0. The summed E-state index contributed by atoms with van der Waals surface area (Å²) in [6.45, 7) is 0.0610. The Morgan fingerprint density at radius 2 is 2.03 bits per heavy atom. The number of hydrogen-bond acceptors (Lipinski definition) is 5. The molecule has 4 N–H and O–H groups in total. The summed E-state index contributed by atoms with van der Waals surface area (Å²) in [5, 5.41) is 18.7. The van der Waals surface area contributed by atoms with E-state index in [1.807, 2.05) is 0 Å². The minimum atomic E-state index is -0.767. The molecule has 0 saturated carbocycles. The lowest BCUT2D eigenvalue weighted by Crippen LogP contribution is -2.52. The van der Waals surface area contributed by atoms with Gasteiger partial charge < -0.3 is 20.6 Å². The fraction of sp³-hybridized carbons (Fsp3) is 0.238. The van der Waals surface area contributed by atoms with Crippen LogP contribution in [0.25, 0.3) is 0 Å². The van der Waals surface area contributed by atoms with Crippen molar-refractivity contribution in [1.29, 1.82) is 0 Å². The maximum Gasteiger partial charge on any atom is 0.319 e. The first-order chi connectivity index (χ1) is 15.2. The van der Waals surface area contributed by atoms with E-state index < -0.39 is 18.0 Å². The first-order valence-corrected chi connectivity index (χ1v) is 10.9. The van der Waals surface area contributed by atoms with E-state index in [2.05, 4.69) is 31.9 Å². The number of anilines is 1. The number of carbonyl (C=O) groups excluding carboxylic acids is 4. The molecule has 1 saturated heterocycles. The van der Waals surface area contributed by atoms with E-state index in [1.54, 1.807) is 30.3 Å². The molecule has 1 unspecified atom stereocenters. The highest BCUT2D eigenvalue weighted by Gasteiger charge is 2.40. The van der Waals surface area contributed by atoms with Crippen LogP contribution in [0.4, 0.5) is 10.5 Å². The van der Waals surface area contributed by atoms with Gasteiger partial charge in [0.2, 0.25) is 11.8 Å². The third-order valence-corrected chi connectivity index (χ3v) is 6.62. The van der Waals surface area contributed by atoms with Gasteiger partial charge in [0.05, 0.1) is 11.6 Å². The summed E-state index contributed by atoms with van der Waals surface area (Å²) < 4.78 is 0.703. The highest BCUT2D eigenvalue weighted by atomic mass is 79.9. The van der Waals surface area contributed by atoms with Crippen molar-refractivity contribution in [2.75, 3.05) is 5.32 Å². The predicted molar refractivity (Wildman–Crippen MR) is 119 cm³/mol. The van der Waals surface area contributed by atoms with Crippen molar-refractivity contribution in [3.05, 3.63) is 56.5 Å². The third-order valence-electron chi connectivity index (χ3n) is 5.39. The smallest absolute Gasteiger partial charge is 0.319 e. The summed E-state index contributed by atoms with van der Waals surface area (Å²) in [5.74, 6) is -1.38. The normalized spacial score (nSPS) is 17.8. The van der Waals surface area contributed by atoms with Gasteiger partial charge in [-0.25, -0.2) is 4.79 Å². The van der Waals surface area contributed by atoms with E-state index in [0.29, 0.717) is 31.9 Å². The number of nitrogens with zero attached hydrogens (tertiary/aromatic N) is 1. The number of piperidine rings is 1. The van der Waals surface area contributed by atoms with Gasteiger partial charge in [-0.05, 0) is 46.6 Å². The van der Waals surface area contributed by atoms with Crippen molar-refractivity contribution in [1.82, 2.24) is 15.5 Å². The molecule has 5 amide bonds. The van der Waals surface area contributed by atoms with Gasteiger partial charge in [0, 0.05) is 39.8 Å². The average Bonchev–Trinajstić information content (AvgIpc) is 3.07. The van der Waals surface area contributed by atoms with E-state index >= 15 is 0 Å². The van der Waals surface area contributed by atoms with Crippen LogP contribution in [0.2, 0.25) is 5.02 Å². The zero-order valence-electron chi connectivity index (χ0n) is 16.6. The highest BCUT2D eigenvalue weighted by Crippen LogP contribution is 2.35. The van der Waals surface area contributed by atoms with E-state index in [4.69, 9.17) is 11.6 Å². The van der Waals surface area contributed by atoms with Gasteiger partial charge in [-0.1, -0.05) is 17.7 Å². The zero-order valence-corrected chi connectivity index (χ0v) is 18.9. The summed E-state index contributed by atoms with van der Waals surface area (Å²) in [6, 6.07) is 6.82. The Labute approximate surface area is 196 Å². The van der Waals surface area contributed by atoms with E-state index in [0.717, 1.165) is 0 Å². The molecular weight excluding hydrogens is 504 g/mol. The number of aromatic hydroxyl groups is 1. The van der Waals surface area contributed by atoms with Crippen LogP contribution in [0.15, 0.2) is 34.8 Å². The lowest BCUT2D eigenvalue weighted by molar-refractivity contribution is -0.136. The number of phenols is 1. The van der Waals surface area contributed by atoms with Crippen LogP contribution in [0.3, 0.4) is 0 Å². The number of rotatable bonds is 4. The van der Waals surface area contributed by atoms with Gasteiger partial charge >= 0.3 is 6.03 Å². The number of imide groups is 1. The van der Waals surface area contributed by atoms with Crippen molar-refractivity contribution < 1.29 is 24.3 Å². The van der Waals surface area contributed by atoms with Gasteiger partial charge in [0.15, 0.2) is 0 Å². The highest BCUT2D eigenvalue weighted by molar-refractivity contribution is 9.10. The Bertz CT molecular complexity index is 1160. The molecule has 2 aromatic rings. The molecule has 1 atom stereocenters. The van der Waals surface area contributed by atoms with Crippen LogP contribution in [0.5, 0.6) is 5.75 Å². The monoisotopic (exact) mass is 520 g/mol. The number of amides is 5. The quantitative estimate of drug-likeness (QED) is 0.460. The molecule has 166 valence electrons. The second kappa shape index (κ2) is 8.79. The van der Waals surface area contributed by atoms with Crippen LogP contribution in [-0.2, 0) is 22.7 Å². The minimum Gasteiger partial charge on any atom is -0.507 e. The van der Waals surface area contributed by atoms with Crippen molar-refractivity contribution >= 4 is 57.0 Å². The van der Waals surface area contributed by atoms with Gasteiger partial charge in [-0.3, -0.25) is 19.7 Å². The Morgan fingerprint density at radius 1 is 1.25 bits per heavy atom. The first kappa shape index (κ1) is 22.1. The number of urea groups is 1. The van der Waals surface area contributed by atoms with Crippen LogP contribution < -0.4 is 16.0 Å². The molecule has 0 bridgehead atoms. The summed E-state index contributed by atoms with van der Waals surface area (Å²) in [4.78, 5) is 49.9. The Kier molecular flexibility index (Phi) is 6.07. The second-order valence-electron chi connectivity index (χ2n) is 7.44. The topological polar surface area (TPSA) is 128 Å². The fourth-order valence-electron chi connectivity index (χ4n) is 3.74. The van der Waals surface area contributed by atoms with Gasteiger partial charge in [0.1, 0.15) is 11.8 Å². The maximum absolute atomic E-state index is 12.8. The number of benzene rings is 2. The molecular formula is C21H18BrClN4O5. The van der Waals surface area contributed by atoms with Crippen LogP contribution >= 0.6 is 27.5 Å². The number of fused-ring (bicyclic) bond motifs is 1. The van der Waals surface area contributed by atoms with Gasteiger partial charge in [-0.2, -0.15) is 0 Å². The summed E-state index contributed by atoms with van der Waals surface area (Å²) >= 11 is 9.29. The van der Waals surface area contributed by atoms with Crippen molar-refractivity contribution in [2.24, 2.45) is 0 Å². The summed E-state index contributed by atoms with van der Waals surface area (Å²) in [5.41, 5.74) is 1.61. The maximum atomic E-state index is 12.8. The standard InChI is InChI=1S/C21H18BrClN4O5/c22-14-4-2-11(7-15(14)23)25-21(32)24-8-10-1-3-12-13(18(10)29)9-27(20(12)31)16-5-6-17(28)26-19(16)30/h1-4,7,16,29H,5-6,8-9H2,(H2,24,25,32)(H,26,28,30). The average molecular weight is 522 g/mol. The van der Waals surface area contributed by atoms with Crippen LogP contribution in [0.1, 0.15) is 34.3 Å². The lowest BCUT2D eigenvalue weighted by Gasteiger charge is -2.29. The molecule has 0 aliphatic carbocycles. The summed E-state index contributed by atoms with van der Waals surface area (Å²) in [7, 11) is 0. The molecule has 9 nitrogen and oxygen atoms in total. The summed E-state index contributed by atoms with van der Waals surface area (Å²) in [6.07, 6.45) is 0.385. The predicted octanol–water partition coefficient (Wildman–Crippen LogP) is 2.89. The van der Waals surface area contributed by atoms with Gasteiger partial charge in [0.25, 0.3) is 5.91 Å². The number of phenolic OH excluding ortho intramolecular Hbond substituents is 1. The molecule has 2 aliphatic heterocycles. The SMILES string of the molecule is O=C1CCC(N2Cc3c(ccc(CNC(=O)Nc4ccc(Br)c(Cl)c4)c3O)C2=O)C(=O)N1. The number of carbonyl (C=O) groups is 4. The van der Waals surface area contributed by atoms with E-state index in [-0.39, 0.29) is 43.5 Å². The molecule has 11 heteroatoms. The molecule has 0 spiro atoms. The zero-order chi connectivity index (χ0) is 23.0. The molecule has 1 fully saturated rings. The van der Waals surface area contributed by atoms with E-state index in [9.17, 15) is 24.3 Å². The molecule has 2 aliphatic rings. The Morgan fingerprint density at radius 3 is 2.75 bits per heavy atom. The van der Waals surface area contributed by atoms with Crippen LogP contribution in [0, 0.1) is 0 Å². The molecule has 0 aromatic heterocycles. The van der Waals surface area contributed by atoms with Crippen LogP contribution in [-0.4, -0.2) is 39.8 Å². The Hall–Kier alpha value is -3.11. The van der Waals surface area contributed by atoms with Crippen molar-refractivity contribution in [3.8, 4) is 5.75 Å². The molecule has 2 heterocycles.